The highest BCUT2D eigenvalue weighted by Crippen LogP contribution is 2.11. The number of esters is 2. The molecule has 0 spiro atoms. The molecule has 1 aliphatic rings. The van der Waals surface area contributed by atoms with Gasteiger partial charge in [-0.15, -0.1) is 0 Å². The van der Waals surface area contributed by atoms with Crippen LogP contribution in [0, 0.1) is 5.92 Å². The molecule has 21 heavy (non-hydrogen) atoms. The van der Waals surface area contributed by atoms with Crippen LogP contribution in [0.2, 0.25) is 0 Å². The van der Waals surface area contributed by atoms with Crippen LogP contribution in [0.25, 0.3) is 0 Å². The molecule has 3 atom stereocenters. The van der Waals surface area contributed by atoms with E-state index in [9.17, 15) is 19.2 Å². The van der Waals surface area contributed by atoms with Crippen molar-refractivity contribution in [2.24, 2.45) is 5.92 Å². The number of nitrogens with one attached hydrogen (secondary N) is 2. The summed E-state index contributed by atoms with van der Waals surface area (Å²) in [6.45, 7) is 1.59. The van der Waals surface area contributed by atoms with Crippen LogP contribution in [0.4, 0.5) is 0 Å². The minimum absolute atomic E-state index is 0.0613. The lowest BCUT2D eigenvalue weighted by Gasteiger charge is -2.21. The molecule has 2 amide bonds. The third-order valence-electron chi connectivity index (χ3n) is 3.31. The maximum atomic E-state index is 12.0. The van der Waals surface area contributed by atoms with E-state index in [2.05, 4.69) is 20.1 Å². The predicted molar refractivity (Wildman–Crippen MR) is 70.9 cm³/mol. The zero-order valence-electron chi connectivity index (χ0n) is 12.3. The summed E-state index contributed by atoms with van der Waals surface area (Å²) >= 11 is 0. The molecule has 0 aliphatic carbocycles. The Balaban J connectivity index is 2.65. The molecule has 0 bridgehead atoms. The van der Waals surface area contributed by atoms with Gasteiger partial charge in [0.15, 0.2) is 0 Å². The molecule has 1 heterocycles. The molecule has 1 aliphatic heterocycles. The number of carbonyl (C=O) groups excluding carboxylic acids is 4. The molecule has 0 unspecified atom stereocenters. The van der Waals surface area contributed by atoms with Gasteiger partial charge < -0.3 is 20.1 Å². The van der Waals surface area contributed by atoms with Gasteiger partial charge >= 0.3 is 11.9 Å². The minimum atomic E-state index is -0.964. The van der Waals surface area contributed by atoms with Gasteiger partial charge in [0.05, 0.1) is 20.1 Å². The fourth-order valence-electron chi connectivity index (χ4n) is 2.09. The standard InChI is InChI=1S/C13H20N2O6/c1-7(12(18)20-2)6-9(13(19)21-3)15-11(17)8-4-5-10(16)14-8/h7-9H,4-6H2,1-3H3,(H,14,16)(H,15,17)/t7-,8-,9+/m1/s1. The van der Waals surface area contributed by atoms with E-state index in [1.807, 2.05) is 0 Å². The van der Waals surface area contributed by atoms with E-state index >= 15 is 0 Å². The van der Waals surface area contributed by atoms with Gasteiger partial charge in [-0.05, 0) is 12.8 Å². The third kappa shape index (κ3) is 4.73. The predicted octanol–water partition coefficient (Wildman–Crippen LogP) is -0.878. The molecule has 2 N–H and O–H groups in total. The quantitative estimate of drug-likeness (QED) is 0.616. The van der Waals surface area contributed by atoms with Crippen molar-refractivity contribution < 1.29 is 28.7 Å². The van der Waals surface area contributed by atoms with Gasteiger partial charge in [-0.3, -0.25) is 14.4 Å². The summed E-state index contributed by atoms with van der Waals surface area (Å²) in [5.41, 5.74) is 0. The topological polar surface area (TPSA) is 111 Å². The van der Waals surface area contributed by atoms with Crippen LogP contribution in [0.5, 0.6) is 0 Å². The Morgan fingerprint density at radius 1 is 1.29 bits per heavy atom. The molecule has 1 saturated heterocycles. The van der Waals surface area contributed by atoms with Crippen molar-refractivity contribution in [2.75, 3.05) is 14.2 Å². The highest BCUT2D eigenvalue weighted by Gasteiger charge is 2.32. The van der Waals surface area contributed by atoms with Gasteiger partial charge in [0.2, 0.25) is 11.8 Å². The summed E-state index contributed by atoms with van der Waals surface area (Å²) in [6, 6.07) is -1.62. The molecule has 0 aromatic rings. The average Bonchev–Trinajstić information content (AvgIpc) is 2.91. The van der Waals surface area contributed by atoms with Crippen molar-refractivity contribution >= 4 is 23.8 Å². The Bertz CT molecular complexity index is 436. The SMILES string of the molecule is COC(=O)[C@H](C)C[C@H](NC(=O)[C@H]1CCC(=O)N1)C(=O)OC. The normalized spacial score (nSPS) is 20.1. The number of hydrogen-bond acceptors (Lipinski definition) is 6. The molecule has 8 heteroatoms. The smallest absolute Gasteiger partial charge is 0.328 e. The summed E-state index contributed by atoms with van der Waals surface area (Å²) in [7, 11) is 2.44. The number of methoxy groups -OCH3 is 2. The number of amides is 2. The summed E-state index contributed by atoms with van der Waals surface area (Å²) in [5.74, 6) is -2.37. The first-order valence-corrected chi connectivity index (χ1v) is 6.64. The van der Waals surface area contributed by atoms with Crippen molar-refractivity contribution in [1.82, 2.24) is 10.6 Å². The van der Waals surface area contributed by atoms with Gasteiger partial charge in [0.25, 0.3) is 0 Å². The summed E-state index contributed by atoms with van der Waals surface area (Å²) < 4.78 is 9.20. The molecule has 1 fully saturated rings. The molecule has 1 rings (SSSR count). The van der Waals surface area contributed by atoms with E-state index < -0.39 is 35.8 Å². The van der Waals surface area contributed by atoms with Gasteiger partial charge in [-0.25, -0.2) is 4.79 Å². The molecular weight excluding hydrogens is 280 g/mol. The maximum absolute atomic E-state index is 12.0. The first-order valence-electron chi connectivity index (χ1n) is 6.64. The van der Waals surface area contributed by atoms with Gasteiger partial charge in [-0.1, -0.05) is 6.92 Å². The van der Waals surface area contributed by atoms with Crippen LogP contribution in [-0.2, 0) is 28.7 Å². The molecule has 8 nitrogen and oxygen atoms in total. The molecule has 118 valence electrons. The average molecular weight is 300 g/mol. The Labute approximate surface area is 122 Å². The molecular formula is C13H20N2O6. The zero-order chi connectivity index (χ0) is 16.0. The first kappa shape index (κ1) is 16.9. The monoisotopic (exact) mass is 300 g/mol. The maximum Gasteiger partial charge on any atom is 0.328 e. The lowest BCUT2D eigenvalue weighted by Crippen LogP contribution is -2.50. The highest BCUT2D eigenvalue weighted by molar-refractivity contribution is 5.93. The third-order valence-corrected chi connectivity index (χ3v) is 3.31. The lowest BCUT2D eigenvalue weighted by atomic mass is 10.0. The van der Waals surface area contributed by atoms with Gasteiger partial charge in [0, 0.05) is 6.42 Å². The lowest BCUT2D eigenvalue weighted by molar-refractivity contribution is -0.149. The molecule has 0 radical (unpaired) electrons. The van der Waals surface area contributed by atoms with E-state index in [1.54, 1.807) is 6.92 Å². The van der Waals surface area contributed by atoms with E-state index in [0.29, 0.717) is 6.42 Å². The zero-order valence-corrected chi connectivity index (χ0v) is 12.3. The van der Waals surface area contributed by atoms with Crippen molar-refractivity contribution in [3.63, 3.8) is 0 Å². The Hall–Kier alpha value is -2.12. The van der Waals surface area contributed by atoms with Crippen molar-refractivity contribution in [2.45, 2.75) is 38.3 Å². The second-order valence-corrected chi connectivity index (χ2v) is 4.90. The van der Waals surface area contributed by atoms with Crippen LogP contribution >= 0.6 is 0 Å². The molecule has 0 aromatic carbocycles. The van der Waals surface area contributed by atoms with Crippen molar-refractivity contribution in [3.05, 3.63) is 0 Å². The first-order chi connectivity index (χ1) is 9.88. The van der Waals surface area contributed by atoms with Crippen LogP contribution < -0.4 is 10.6 Å². The van der Waals surface area contributed by atoms with Gasteiger partial charge in [0.1, 0.15) is 12.1 Å². The van der Waals surface area contributed by atoms with E-state index in [-0.39, 0.29) is 18.7 Å². The highest BCUT2D eigenvalue weighted by atomic mass is 16.5. The van der Waals surface area contributed by atoms with E-state index in [4.69, 9.17) is 0 Å². The largest absolute Gasteiger partial charge is 0.469 e. The number of hydrogen-bond donors (Lipinski definition) is 2. The molecule has 0 aromatic heterocycles. The second kappa shape index (κ2) is 7.61. The van der Waals surface area contributed by atoms with Crippen molar-refractivity contribution in [1.29, 1.82) is 0 Å². The minimum Gasteiger partial charge on any atom is -0.469 e. The van der Waals surface area contributed by atoms with E-state index in [0.717, 1.165) is 0 Å². The number of rotatable bonds is 6. The Kier molecular flexibility index (Phi) is 6.13. The number of ether oxygens (including phenoxy) is 2. The number of carbonyl (C=O) groups is 4. The van der Waals surface area contributed by atoms with Crippen LogP contribution in [-0.4, -0.2) is 50.1 Å². The van der Waals surface area contributed by atoms with Crippen LogP contribution in [0.3, 0.4) is 0 Å². The Morgan fingerprint density at radius 2 is 1.90 bits per heavy atom. The van der Waals surface area contributed by atoms with Crippen molar-refractivity contribution in [3.8, 4) is 0 Å². The van der Waals surface area contributed by atoms with Crippen LogP contribution in [0.15, 0.2) is 0 Å². The fraction of sp³-hybridized carbons (Fsp3) is 0.692. The Morgan fingerprint density at radius 3 is 2.38 bits per heavy atom. The fourth-order valence-corrected chi connectivity index (χ4v) is 2.09. The summed E-state index contributed by atoms with van der Waals surface area (Å²) in [6.07, 6.45) is 0.719. The summed E-state index contributed by atoms with van der Waals surface area (Å²) in [5, 5.41) is 5.01. The summed E-state index contributed by atoms with van der Waals surface area (Å²) in [4.78, 5) is 46.2. The van der Waals surface area contributed by atoms with Gasteiger partial charge in [-0.2, -0.15) is 0 Å². The van der Waals surface area contributed by atoms with E-state index in [1.165, 1.54) is 14.2 Å². The molecule has 0 saturated carbocycles. The van der Waals surface area contributed by atoms with Crippen LogP contribution in [0.1, 0.15) is 26.2 Å². The second-order valence-electron chi connectivity index (χ2n) is 4.90.